The molecule has 0 radical (unpaired) electrons. The maximum Gasteiger partial charge on any atom is 0.272 e. The Morgan fingerprint density at radius 2 is 1.80 bits per heavy atom. The number of carbonyl (C=O) groups excluding carboxylic acids is 1. The number of aryl methyl sites for hydroxylation is 4. The van der Waals surface area contributed by atoms with Crippen molar-refractivity contribution in [1.29, 1.82) is 0 Å². The lowest BCUT2D eigenvalue weighted by molar-refractivity contribution is -0.123. The molecular weight excluding hydrogens is 344 g/mol. The molecule has 0 spiro atoms. The average molecular weight is 366 g/mol. The molecule has 1 heterocycles. The first-order valence-electron chi connectivity index (χ1n) is 7.63. The first kappa shape index (κ1) is 18.9. The Morgan fingerprint density at radius 1 is 1.20 bits per heavy atom. The van der Waals surface area contributed by atoms with E-state index in [2.05, 4.69) is 15.4 Å². The maximum absolute atomic E-state index is 12.4. The Balaban J connectivity index is 2.00. The summed E-state index contributed by atoms with van der Waals surface area (Å²) in [5.41, 5.74) is 4.78. The van der Waals surface area contributed by atoms with Crippen LogP contribution in [-0.4, -0.2) is 30.7 Å². The van der Waals surface area contributed by atoms with Crippen molar-refractivity contribution < 1.29 is 17.9 Å². The number of nitrogens with zero attached hydrogens (tertiary/aromatic N) is 2. The van der Waals surface area contributed by atoms with Gasteiger partial charge in [0, 0.05) is 7.05 Å². The highest BCUT2D eigenvalue weighted by Crippen LogP contribution is 2.22. The molecule has 0 aliphatic rings. The second kappa shape index (κ2) is 7.24. The molecule has 8 nitrogen and oxygen atoms in total. The van der Waals surface area contributed by atoms with Crippen LogP contribution in [0.4, 0.5) is 0 Å². The van der Waals surface area contributed by atoms with Crippen LogP contribution in [0.15, 0.2) is 23.1 Å². The molecule has 2 N–H and O–H groups in total. The second-order valence-corrected chi connectivity index (χ2v) is 7.41. The highest BCUT2D eigenvalue weighted by molar-refractivity contribution is 7.89. The van der Waals surface area contributed by atoms with Crippen LogP contribution in [0.1, 0.15) is 22.5 Å². The molecule has 0 aliphatic heterocycles. The van der Waals surface area contributed by atoms with Gasteiger partial charge in [0.15, 0.2) is 6.61 Å². The van der Waals surface area contributed by atoms with Gasteiger partial charge in [-0.15, -0.1) is 4.83 Å². The van der Waals surface area contributed by atoms with Crippen molar-refractivity contribution in [2.45, 2.75) is 32.6 Å². The van der Waals surface area contributed by atoms with E-state index < -0.39 is 15.9 Å². The molecule has 2 rings (SSSR count). The highest BCUT2D eigenvalue weighted by Gasteiger charge is 2.24. The van der Waals surface area contributed by atoms with Gasteiger partial charge in [-0.25, -0.2) is 8.42 Å². The largest absolute Gasteiger partial charge is 0.483 e. The molecule has 0 aliphatic carbocycles. The van der Waals surface area contributed by atoms with Crippen molar-refractivity contribution >= 4 is 15.9 Å². The van der Waals surface area contributed by atoms with Gasteiger partial charge in [0.2, 0.25) is 0 Å². The molecule has 136 valence electrons. The quantitative estimate of drug-likeness (QED) is 0.744. The van der Waals surface area contributed by atoms with Crippen LogP contribution in [0.25, 0.3) is 0 Å². The smallest absolute Gasteiger partial charge is 0.272 e. The van der Waals surface area contributed by atoms with Gasteiger partial charge in [-0.2, -0.15) is 5.10 Å². The number of hydrazine groups is 1. The molecule has 1 amide bonds. The summed E-state index contributed by atoms with van der Waals surface area (Å²) in [6.07, 6.45) is 0. The van der Waals surface area contributed by atoms with Crippen molar-refractivity contribution in [3.8, 4) is 5.75 Å². The summed E-state index contributed by atoms with van der Waals surface area (Å²) < 4.78 is 31.7. The minimum atomic E-state index is -3.92. The summed E-state index contributed by atoms with van der Waals surface area (Å²) >= 11 is 0. The predicted molar refractivity (Wildman–Crippen MR) is 92.6 cm³/mol. The number of nitrogens with one attached hydrogen (secondary N) is 2. The third-order valence-corrected chi connectivity index (χ3v) is 5.29. The van der Waals surface area contributed by atoms with Gasteiger partial charge in [0.25, 0.3) is 15.9 Å². The first-order valence-corrected chi connectivity index (χ1v) is 9.11. The van der Waals surface area contributed by atoms with Crippen molar-refractivity contribution in [3.63, 3.8) is 0 Å². The maximum atomic E-state index is 12.4. The Hall–Kier alpha value is -2.39. The zero-order valence-electron chi connectivity index (χ0n) is 14.9. The van der Waals surface area contributed by atoms with Gasteiger partial charge < -0.3 is 4.74 Å². The lowest BCUT2D eigenvalue weighted by atomic mass is 10.1. The molecule has 0 atom stereocenters. The molecule has 25 heavy (non-hydrogen) atoms. The molecular formula is C16H22N4O4S. The van der Waals surface area contributed by atoms with E-state index in [1.807, 2.05) is 32.0 Å². The summed E-state index contributed by atoms with van der Waals surface area (Å²) in [5, 5.41) is 4.06. The number of rotatable bonds is 6. The van der Waals surface area contributed by atoms with Gasteiger partial charge in [0.1, 0.15) is 10.6 Å². The summed E-state index contributed by atoms with van der Waals surface area (Å²) in [7, 11) is -2.26. The fourth-order valence-corrected chi connectivity index (χ4v) is 3.82. The van der Waals surface area contributed by atoms with Crippen molar-refractivity contribution in [3.05, 3.63) is 40.7 Å². The first-order chi connectivity index (χ1) is 11.6. The number of para-hydroxylation sites is 1. The summed E-state index contributed by atoms with van der Waals surface area (Å²) in [5.74, 6) is 0.00452. The van der Waals surface area contributed by atoms with E-state index in [1.165, 1.54) is 4.68 Å². The molecule has 1 aromatic heterocycles. The van der Waals surface area contributed by atoms with E-state index in [-0.39, 0.29) is 11.5 Å². The van der Waals surface area contributed by atoms with E-state index in [0.717, 1.165) is 11.1 Å². The molecule has 0 unspecified atom stereocenters. The van der Waals surface area contributed by atoms with E-state index in [9.17, 15) is 13.2 Å². The fourth-order valence-electron chi connectivity index (χ4n) is 2.52. The van der Waals surface area contributed by atoms with Crippen molar-refractivity contribution in [2.24, 2.45) is 7.05 Å². The normalized spacial score (nSPS) is 11.4. The predicted octanol–water partition coefficient (Wildman–Crippen LogP) is 1.04. The second-order valence-electron chi connectivity index (χ2n) is 5.79. The van der Waals surface area contributed by atoms with Crippen LogP contribution < -0.4 is 15.0 Å². The summed E-state index contributed by atoms with van der Waals surface area (Å²) in [4.78, 5) is 14.0. The molecule has 0 saturated carbocycles. The van der Waals surface area contributed by atoms with Crippen LogP contribution in [-0.2, 0) is 21.9 Å². The minimum absolute atomic E-state index is 0.0472. The number of ether oxygens (including phenoxy) is 1. The number of carbonyl (C=O) groups is 1. The van der Waals surface area contributed by atoms with Crippen LogP contribution in [0.3, 0.4) is 0 Å². The molecule has 0 bridgehead atoms. The monoisotopic (exact) mass is 366 g/mol. The number of hydrogen-bond donors (Lipinski definition) is 2. The Kier molecular flexibility index (Phi) is 5.48. The topological polar surface area (TPSA) is 102 Å². The zero-order chi connectivity index (χ0) is 18.8. The van der Waals surface area contributed by atoms with Gasteiger partial charge >= 0.3 is 0 Å². The third kappa shape index (κ3) is 4.18. The zero-order valence-corrected chi connectivity index (χ0v) is 15.7. The van der Waals surface area contributed by atoms with Crippen LogP contribution in [0, 0.1) is 27.7 Å². The van der Waals surface area contributed by atoms with E-state index in [0.29, 0.717) is 17.1 Å². The van der Waals surface area contributed by atoms with Crippen LogP contribution in [0.5, 0.6) is 5.75 Å². The fraction of sp³-hybridized carbons (Fsp3) is 0.375. The van der Waals surface area contributed by atoms with Gasteiger partial charge in [-0.1, -0.05) is 18.2 Å². The standard InChI is InChI=1S/C16H22N4O4S/c1-10-7-6-8-11(2)15(10)24-9-14(21)17-19-25(22,23)16-12(3)18-20(5)13(16)4/h6-8,19H,9H2,1-5H3,(H,17,21). The Labute approximate surface area is 147 Å². The van der Waals surface area contributed by atoms with Crippen molar-refractivity contribution in [1.82, 2.24) is 20.0 Å². The van der Waals surface area contributed by atoms with Crippen LogP contribution in [0.2, 0.25) is 0 Å². The molecule has 0 fully saturated rings. The van der Waals surface area contributed by atoms with E-state index in [1.54, 1.807) is 20.9 Å². The van der Waals surface area contributed by atoms with Gasteiger partial charge in [0.05, 0.1) is 11.4 Å². The van der Waals surface area contributed by atoms with E-state index >= 15 is 0 Å². The number of benzene rings is 1. The summed E-state index contributed by atoms with van der Waals surface area (Å²) in [6.45, 7) is 6.67. The molecule has 9 heteroatoms. The SMILES string of the molecule is Cc1cccc(C)c1OCC(=O)NNS(=O)(=O)c1c(C)nn(C)c1C. The minimum Gasteiger partial charge on any atom is -0.483 e. The summed E-state index contributed by atoms with van der Waals surface area (Å²) in [6, 6.07) is 5.64. The lowest BCUT2D eigenvalue weighted by Crippen LogP contribution is -2.44. The van der Waals surface area contributed by atoms with E-state index in [4.69, 9.17) is 4.74 Å². The molecule has 2 aromatic rings. The Bertz CT molecular complexity index is 883. The lowest BCUT2D eigenvalue weighted by Gasteiger charge is -2.12. The number of hydrogen-bond acceptors (Lipinski definition) is 5. The Morgan fingerprint density at radius 3 is 2.32 bits per heavy atom. The van der Waals surface area contributed by atoms with Gasteiger partial charge in [-0.05, 0) is 38.8 Å². The molecule has 1 aromatic carbocycles. The average Bonchev–Trinajstić information content (AvgIpc) is 2.78. The highest BCUT2D eigenvalue weighted by atomic mass is 32.2. The van der Waals surface area contributed by atoms with Crippen molar-refractivity contribution in [2.75, 3.05) is 6.61 Å². The van der Waals surface area contributed by atoms with Gasteiger partial charge in [-0.3, -0.25) is 14.9 Å². The number of amides is 1. The molecule has 0 saturated heterocycles. The number of sulfonamides is 1. The third-order valence-electron chi connectivity index (χ3n) is 3.79. The number of aromatic nitrogens is 2. The van der Waals surface area contributed by atoms with Crippen LogP contribution >= 0.6 is 0 Å².